The smallest absolute Gasteiger partial charge is 0.183 e. The number of benzene rings is 1. The highest BCUT2D eigenvalue weighted by atomic mass is 15.4. The van der Waals surface area contributed by atoms with Crippen LogP contribution in [-0.2, 0) is 19.4 Å². The minimum Gasteiger partial charge on any atom is -0.345 e. The van der Waals surface area contributed by atoms with Crippen molar-refractivity contribution >= 4 is 5.82 Å². The van der Waals surface area contributed by atoms with Gasteiger partial charge in [-0.15, -0.1) is 10.2 Å². The summed E-state index contributed by atoms with van der Waals surface area (Å²) in [5, 5.41) is 18.1. The van der Waals surface area contributed by atoms with E-state index in [1.807, 2.05) is 6.07 Å². The molecule has 0 unspecified atom stereocenters. The molecule has 7 heteroatoms. The zero-order chi connectivity index (χ0) is 17.9. The average Bonchev–Trinajstić information content (AvgIpc) is 3.10. The van der Waals surface area contributed by atoms with Gasteiger partial charge in [0.15, 0.2) is 17.3 Å². The number of anilines is 1. The molecule has 26 heavy (non-hydrogen) atoms. The summed E-state index contributed by atoms with van der Waals surface area (Å²) in [5.74, 6) is 2.53. The van der Waals surface area contributed by atoms with Crippen LogP contribution in [0.5, 0.6) is 0 Å². The molecule has 3 heterocycles. The molecule has 0 spiro atoms. The summed E-state index contributed by atoms with van der Waals surface area (Å²) in [6.07, 6.45) is 4.96. The third-order valence-electron chi connectivity index (χ3n) is 4.66. The molecular weight excluding hydrogens is 326 g/mol. The minimum atomic E-state index is 0.202. The number of nitrogens with zero attached hydrogens (tertiary/aromatic N) is 7. The first-order valence-corrected chi connectivity index (χ1v) is 8.69. The molecule has 0 bridgehead atoms. The molecule has 1 atom stereocenters. The number of aromatic nitrogens is 5. The van der Waals surface area contributed by atoms with Gasteiger partial charge in [0.1, 0.15) is 11.9 Å². The van der Waals surface area contributed by atoms with Crippen molar-refractivity contribution < 1.29 is 0 Å². The van der Waals surface area contributed by atoms with Gasteiger partial charge in [0, 0.05) is 25.4 Å². The van der Waals surface area contributed by atoms with Gasteiger partial charge in [-0.3, -0.25) is 0 Å². The summed E-state index contributed by atoms with van der Waals surface area (Å²) < 4.78 is 2.22. The predicted molar refractivity (Wildman–Crippen MR) is 96.4 cm³/mol. The fourth-order valence-corrected chi connectivity index (χ4v) is 3.49. The number of nitriles is 1. The van der Waals surface area contributed by atoms with Crippen LogP contribution in [0, 0.1) is 11.3 Å². The van der Waals surface area contributed by atoms with E-state index in [1.54, 1.807) is 12.4 Å². The molecular formula is C19H19N7. The highest BCUT2D eigenvalue weighted by Gasteiger charge is 2.28. The van der Waals surface area contributed by atoms with Gasteiger partial charge in [-0.2, -0.15) is 5.26 Å². The number of rotatable bonds is 4. The standard InChI is InChI=1S/C19H19N7/c1-14-12-25(19-16(11-20)21-9-10-22-19)13-18-24-23-17(26(14)18)8-7-15-5-3-2-4-6-15/h2-6,9-10,14H,7-8,12-13H2,1H3/t14-/m0/s1. The number of aryl methyl sites for hydroxylation is 2. The van der Waals surface area contributed by atoms with Crippen molar-refractivity contribution in [1.29, 1.82) is 5.26 Å². The van der Waals surface area contributed by atoms with Gasteiger partial charge in [-0.25, -0.2) is 9.97 Å². The van der Waals surface area contributed by atoms with Gasteiger partial charge in [0.2, 0.25) is 0 Å². The molecule has 1 aliphatic heterocycles. The fraction of sp³-hybridized carbons (Fsp3) is 0.316. The maximum atomic E-state index is 9.28. The quantitative estimate of drug-likeness (QED) is 0.721. The van der Waals surface area contributed by atoms with Gasteiger partial charge in [-0.1, -0.05) is 30.3 Å². The zero-order valence-electron chi connectivity index (χ0n) is 14.6. The Bertz CT molecular complexity index is 942. The Morgan fingerprint density at radius 2 is 1.92 bits per heavy atom. The normalized spacial score (nSPS) is 16.2. The maximum Gasteiger partial charge on any atom is 0.183 e. The van der Waals surface area contributed by atoms with E-state index in [2.05, 4.69) is 66.9 Å². The lowest BCUT2D eigenvalue weighted by Gasteiger charge is -2.33. The highest BCUT2D eigenvalue weighted by molar-refractivity contribution is 5.50. The molecule has 130 valence electrons. The van der Waals surface area contributed by atoms with Gasteiger partial charge in [0.25, 0.3) is 0 Å². The summed E-state index contributed by atoms with van der Waals surface area (Å²) in [4.78, 5) is 10.5. The molecule has 1 aromatic carbocycles. The van der Waals surface area contributed by atoms with Crippen LogP contribution in [0.3, 0.4) is 0 Å². The molecule has 0 saturated carbocycles. The van der Waals surface area contributed by atoms with Crippen molar-refractivity contribution in [2.24, 2.45) is 0 Å². The molecule has 0 N–H and O–H groups in total. The third kappa shape index (κ3) is 3.02. The zero-order valence-corrected chi connectivity index (χ0v) is 14.6. The van der Waals surface area contributed by atoms with Crippen LogP contribution in [0.2, 0.25) is 0 Å². The van der Waals surface area contributed by atoms with Crippen LogP contribution in [0.4, 0.5) is 5.82 Å². The van der Waals surface area contributed by atoms with Gasteiger partial charge < -0.3 is 9.47 Å². The van der Waals surface area contributed by atoms with E-state index in [4.69, 9.17) is 0 Å². The topological polar surface area (TPSA) is 83.5 Å². The summed E-state index contributed by atoms with van der Waals surface area (Å²) in [6, 6.07) is 12.7. The van der Waals surface area contributed by atoms with Crippen LogP contribution in [0.15, 0.2) is 42.7 Å². The SMILES string of the molecule is C[C@H]1CN(c2nccnc2C#N)Cc2nnc(CCc3ccccc3)n21. The van der Waals surface area contributed by atoms with E-state index in [9.17, 15) is 5.26 Å². The van der Waals surface area contributed by atoms with Gasteiger partial charge in [-0.05, 0) is 18.9 Å². The Morgan fingerprint density at radius 1 is 1.12 bits per heavy atom. The largest absolute Gasteiger partial charge is 0.345 e. The lowest BCUT2D eigenvalue weighted by atomic mass is 10.1. The summed E-state index contributed by atoms with van der Waals surface area (Å²) >= 11 is 0. The number of fused-ring (bicyclic) bond motifs is 1. The van der Waals surface area contributed by atoms with E-state index in [0.717, 1.165) is 31.0 Å². The van der Waals surface area contributed by atoms with Crippen LogP contribution in [-0.4, -0.2) is 31.3 Å². The minimum absolute atomic E-state index is 0.202. The molecule has 0 saturated heterocycles. The Labute approximate surface area is 152 Å². The molecule has 7 nitrogen and oxygen atoms in total. The van der Waals surface area contributed by atoms with E-state index >= 15 is 0 Å². The second kappa shape index (κ2) is 6.92. The molecule has 2 aromatic heterocycles. The van der Waals surface area contributed by atoms with Crippen molar-refractivity contribution in [3.05, 3.63) is 65.6 Å². The van der Waals surface area contributed by atoms with Crippen LogP contribution in [0.1, 0.15) is 35.9 Å². The van der Waals surface area contributed by atoms with E-state index in [0.29, 0.717) is 18.1 Å². The molecule has 0 amide bonds. The van der Waals surface area contributed by atoms with E-state index < -0.39 is 0 Å². The molecule has 0 fully saturated rings. The summed E-state index contributed by atoms with van der Waals surface area (Å²) in [6.45, 7) is 3.47. The maximum absolute atomic E-state index is 9.28. The average molecular weight is 345 g/mol. The van der Waals surface area contributed by atoms with Gasteiger partial charge >= 0.3 is 0 Å². The second-order valence-corrected chi connectivity index (χ2v) is 6.46. The first-order valence-electron chi connectivity index (χ1n) is 8.69. The Hall–Kier alpha value is -3.27. The third-order valence-corrected chi connectivity index (χ3v) is 4.66. The molecule has 0 radical (unpaired) electrons. The van der Waals surface area contributed by atoms with Crippen LogP contribution in [0.25, 0.3) is 0 Å². The highest BCUT2D eigenvalue weighted by Crippen LogP contribution is 2.26. The Morgan fingerprint density at radius 3 is 2.73 bits per heavy atom. The van der Waals surface area contributed by atoms with Crippen molar-refractivity contribution in [2.45, 2.75) is 32.4 Å². The van der Waals surface area contributed by atoms with Crippen molar-refractivity contribution in [1.82, 2.24) is 24.7 Å². The molecule has 4 rings (SSSR count). The van der Waals surface area contributed by atoms with Crippen LogP contribution < -0.4 is 4.90 Å². The van der Waals surface area contributed by atoms with Crippen molar-refractivity contribution in [3.63, 3.8) is 0 Å². The lowest BCUT2D eigenvalue weighted by Crippen LogP contribution is -2.38. The second-order valence-electron chi connectivity index (χ2n) is 6.46. The fourth-order valence-electron chi connectivity index (χ4n) is 3.49. The lowest BCUT2D eigenvalue weighted by molar-refractivity contribution is 0.446. The Kier molecular flexibility index (Phi) is 4.32. The summed E-state index contributed by atoms with van der Waals surface area (Å²) in [5.41, 5.74) is 1.64. The van der Waals surface area contributed by atoms with Crippen LogP contribution >= 0.6 is 0 Å². The number of hydrogen-bond donors (Lipinski definition) is 0. The first-order chi connectivity index (χ1) is 12.8. The molecule has 3 aromatic rings. The first kappa shape index (κ1) is 16.2. The monoisotopic (exact) mass is 345 g/mol. The van der Waals surface area contributed by atoms with Gasteiger partial charge in [0.05, 0.1) is 12.6 Å². The Balaban J connectivity index is 1.55. The predicted octanol–water partition coefficient (Wildman–Crippen LogP) is 2.31. The summed E-state index contributed by atoms with van der Waals surface area (Å²) in [7, 11) is 0. The number of hydrogen-bond acceptors (Lipinski definition) is 6. The van der Waals surface area contributed by atoms with Crippen molar-refractivity contribution in [2.75, 3.05) is 11.4 Å². The molecule has 1 aliphatic rings. The van der Waals surface area contributed by atoms with Crippen molar-refractivity contribution in [3.8, 4) is 6.07 Å². The molecule has 0 aliphatic carbocycles. The van der Waals surface area contributed by atoms with E-state index in [-0.39, 0.29) is 6.04 Å². The van der Waals surface area contributed by atoms with E-state index in [1.165, 1.54) is 5.56 Å².